The smallest absolute Gasteiger partial charge is 0.258 e. The fourth-order valence-electron chi connectivity index (χ4n) is 3.54. The third-order valence-corrected chi connectivity index (χ3v) is 4.51. The van der Waals surface area contributed by atoms with E-state index >= 15 is 0 Å². The van der Waals surface area contributed by atoms with Gasteiger partial charge in [-0.3, -0.25) is 14.5 Å². The van der Waals surface area contributed by atoms with Crippen molar-refractivity contribution in [3.8, 4) is 11.8 Å². The molecule has 21 heavy (non-hydrogen) atoms. The predicted molar refractivity (Wildman–Crippen MR) is 77.2 cm³/mol. The molecule has 0 saturated carbocycles. The first-order valence-electron chi connectivity index (χ1n) is 7.04. The molecule has 0 spiro atoms. The van der Waals surface area contributed by atoms with Crippen molar-refractivity contribution in [2.75, 3.05) is 7.05 Å². The number of fused-ring (bicyclic) bond motifs is 5. The molecule has 2 saturated heterocycles. The Morgan fingerprint density at radius 2 is 2.05 bits per heavy atom. The molecule has 0 bridgehead atoms. The summed E-state index contributed by atoms with van der Waals surface area (Å²) in [5.74, 6) is 5.67. The van der Waals surface area contributed by atoms with Crippen LogP contribution in [0.5, 0.6) is 0 Å². The normalized spacial score (nSPS) is 32.5. The molecule has 3 atom stereocenters. The van der Waals surface area contributed by atoms with Crippen LogP contribution >= 0.6 is 0 Å². The SMILES string of the molecule is CN1C(=O)C2=CC#CCC=C2N2C(=O)C3C=CC=CC3C12. The Morgan fingerprint density at radius 3 is 2.90 bits per heavy atom. The highest BCUT2D eigenvalue weighted by molar-refractivity contribution is 6.03. The van der Waals surface area contributed by atoms with E-state index in [1.165, 1.54) is 0 Å². The summed E-state index contributed by atoms with van der Waals surface area (Å²) in [6.07, 6.45) is 11.7. The van der Waals surface area contributed by atoms with Gasteiger partial charge < -0.3 is 4.90 Å². The number of hydrogen-bond acceptors (Lipinski definition) is 2. The van der Waals surface area contributed by atoms with Crippen LogP contribution in [0, 0.1) is 23.7 Å². The largest absolute Gasteiger partial charge is 0.320 e. The zero-order chi connectivity index (χ0) is 14.6. The number of amides is 2. The highest BCUT2D eigenvalue weighted by Crippen LogP contribution is 2.43. The van der Waals surface area contributed by atoms with Crippen molar-refractivity contribution in [3.63, 3.8) is 0 Å². The molecular formula is C17H14N2O2. The van der Waals surface area contributed by atoms with Gasteiger partial charge in [0.25, 0.3) is 5.91 Å². The van der Waals surface area contributed by atoms with Gasteiger partial charge in [0.15, 0.2) is 0 Å². The van der Waals surface area contributed by atoms with E-state index in [2.05, 4.69) is 11.8 Å². The molecule has 2 aliphatic heterocycles. The van der Waals surface area contributed by atoms with Crippen LogP contribution in [0.2, 0.25) is 0 Å². The fraction of sp³-hybridized carbons (Fsp3) is 0.294. The number of hydrogen-bond donors (Lipinski definition) is 0. The molecule has 0 aromatic rings. The van der Waals surface area contributed by atoms with Crippen molar-refractivity contribution in [1.82, 2.24) is 9.80 Å². The number of rotatable bonds is 0. The standard InChI is InChI=1S/C17H14N2O2/c1-18-15-11-7-5-6-8-12(11)17(21)19(15)14-10-4-2-3-9-13(14)16(18)20/h5-12,15H,4H2,1H3. The fourth-order valence-corrected chi connectivity index (χ4v) is 3.54. The van der Waals surface area contributed by atoms with Crippen molar-refractivity contribution < 1.29 is 9.59 Å². The molecule has 3 unspecified atom stereocenters. The highest BCUT2D eigenvalue weighted by atomic mass is 16.2. The van der Waals surface area contributed by atoms with E-state index in [4.69, 9.17) is 0 Å². The molecular weight excluding hydrogens is 264 g/mol. The average molecular weight is 278 g/mol. The maximum absolute atomic E-state index is 12.8. The zero-order valence-corrected chi connectivity index (χ0v) is 11.6. The lowest BCUT2D eigenvalue weighted by atomic mass is 9.88. The van der Waals surface area contributed by atoms with Gasteiger partial charge in [0.2, 0.25) is 5.91 Å². The Hall–Kier alpha value is -2.54. The van der Waals surface area contributed by atoms with Crippen molar-refractivity contribution in [1.29, 1.82) is 0 Å². The molecule has 4 nitrogen and oxygen atoms in total. The Balaban J connectivity index is 1.88. The van der Waals surface area contributed by atoms with E-state index in [1.807, 2.05) is 30.4 Å². The first-order chi connectivity index (χ1) is 10.2. The lowest BCUT2D eigenvalue weighted by molar-refractivity contribution is -0.138. The Kier molecular flexibility index (Phi) is 2.46. The van der Waals surface area contributed by atoms with E-state index in [0.717, 1.165) is 0 Å². The number of nitrogens with zero attached hydrogens (tertiary/aromatic N) is 2. The van der Waals surface area contributed by atoms with Crippen molar-refractivity contribution in [2.24, 2.45) is 11.8 Å². The summed E-state index contributed by atoms with van der Waals surface area (Å²) < 4.78 is 0. The Labute approximate surface area is 123 Å². The summed E-state index contributed by atoms with van der Waals surface area (Å²) in [4.78, 5) is 28.8. The van der Waals surface area contributed by atoms with E-state index < -0.39 is 0 Å². The highest BCUT2D eigenvalue weighted by Gasteiger charge is 2.54. The molecule has 4 rings (SSSR count). The minimum atomic E-state index is -0.238. The minimum absolute atomic E-state index is 0.0167. The zero-order valence-electron chi connectivity index (χ0n) is 11.6. The maximum atomic E-state index is 12.8. The van der Waals surface area contributed by atoms with Crippen molar-refractivity contribution >= 4 is 11.8 Å². The second kappa shape index (κ2) is 4.23. The van der Waals surface area contributed by atoms with Crippen LogP contribution in [0.1, 0.15) is 6.42 Å². The lowest BCUT2D eigenvalue weighted by Gasteiger charge is -2.41. The van der Waals surface area contributed by atoms with Crippen molar-refractivity contribution in [3.05, 3.63) is 47.7 Å². The van der Waals surface area contributed by atoms with Gasteiger partial charge in [-0.2, -0.15) is 0 Å². The van der Waals surface area contributed by atoms with Crippen LogP contribution in [-0.2, 0) is 9.59 Å². The van der Waals surface area contributed by atoms with E-state index in [-0.39, 0.29) is 29.8 Å². The maximum Gasteiger partial charge on any atom is 0.258 e. The van der Waals surface area contributed by atoms with Gasteiger partial charge in [0.05, 0.1) is 17.2 Å². The van der Waals surface area contributed by atoms with Gasteiger partial charge >= 0.3 is 0 Å². The molecule has 104 valence electrons. The molecule has 0 N–H and O–H groups in total. The molecule has 0 radical (unpaired) electrons. The molecule has 2 aliphatic carbocycles. The third kappa shape index (κ3) is 1.52. The molecule has 2 amide bonds. The van der Waals surface area contributed by atoms with Crippen LogP contribution in [-0.4, -0.2) is 34.8 Å². The number of carbonyl (C=O) groups excluding carboxylic acids is 2. The van der Waals surface area contributed by atoms with Crippen molar-refractivity contribution in [2.45, 2.75) is 12.6 Å². The molecule has 2 heterocycles. The van der Waals surface area contributed by atoms with Crippen LogP contribution in [0.15, 0.2) is 47.7 Å². The topological polar surface area (TPSA) is 40.6 Å². The average Bonchev–Trinajstić information content (AvgIpc) is 2.67. The summed E-state index contributed by atoms with van der Waals surface area (Å²) in [5, 5.41) is 0. The first kappa shape index (κ1) is 12.2. The number of likely N-dealkylation sites (N-methyl/N-ethyl adjacent to an activating group) is 1. The van der Waals surface area contributed by atoms with E-state index in [9.17, 15) is 9.59 Å². The lowest BCUT2D eigenvalue weighted by Crippen LogP contribution is -2.54. The second-order valence-electron chi connectivity index (χ2n) is 5.58. The predicted octanol–water partition coefficient (Wildman–Crippen LogP) is 1.20. The first-order valence-corrected chi connectivity index (χ1v) is 7.04. The molecule has 4 aliphatic rings. The summed E-state index contributed by atoms with van der Waals surface area (Å²) in [7, 11) is 1.76. The second-order valence-corrected chi connectivity index (χ2v) is 5.58. The van der Waals surface area contributed by atoms with Gasteiger partial charge in [0.1, 0.15) is 6.17 Å². The number of allylic oxidation sites excluding steroid dienone is 4. The van der Waals surface area contributed by atoms with Gasteiger partial charge in [-0.25, -0.2) is 0 Å². The summed E-state index contributed by atoms with van der Waals surface area (Å²) in [6.45, 7) is 0. The third-order valence-electron chi connectivity index (χ3n) is 4.51. The van der Waals surface area contributed by atoms with Gasteiger partial charge in [-0.05, 0) is 6.08 Å². The Morgan fingerprint density at radius 1 is 1.24 bits per heavy atom. The van der Waals surface area contributed by atoms with Crippen LogP contribution in [0.3, 0.4) is 0 Å². The van der Waals surface area contributed by atoms with E-state index in [1.54, 1.807) is 22.9 Å². The summed E-state index contributed by atoms with van der Waals surface area (Å²) in [6, 6.07) is 0. The molecule has 0 aromatic heterocycles. The van der Waals surface area contributed by atoms with Crippen LogP contribution in [0.25, 0.3) is 0 Å². The van der Waals surface area contributed by atoms with Crippen LogP contribution < -0.4 is 0 Å². The van der Waals surface area contributed by atoms with E-state index in [0.29, 0.717) is 17.7 Å². The van der Waals surface area contributed by atoms with Gasteiger partial charge in [-0.15, -0.1) is 0 Å². The summed E-state index contributed by atoms with van der Waals surface area (Å²) in [5.41, 5.74) is 1.24. The molecule has 0 aromatic carbocycles. The monoisotopic (exact) mass is 278 g/mol. The molecule has 4 heteroatoms. The van der Waals surface area contributed by atoms with Crippen LogP contribution in [0.4, 0.5) is 0 Å². The quantitative estimate of drug-likeness (QED) is 0.625. The summed E-state index contributed by atoms with van der Waals surface area (Å²) >= 11 is 0. The minimum Gasteiger partial charge on any atom is -0.320 e. The van der Waals surface area contributed by atoms with Gasteiger partial charge in [0, 0.05) is 25.5 Å². The molecule has 2 fully saturated rings. The number of carbonyl (C=O) groups is 2. The Bertz CT molecular complexity index is 730. The van der Waals surface area contributed by atoms with Gasteiger partial charge in [-0.1, -0.05) is 36.1 Å².